The van der Waals surface area contributed by atoms with Crippen LogP contribution in [0, 0.1) is 0 Å². The fraction of sp³-hybridized carbons (Fsp3) is 0.176. The number of carbonyl (C=O) groups excluding carboxylic acids is 1. The zero-order chi connectivity index (χ0) is 20.9. The number of anilines is 1. The van der Waals surface area contributed by atoms with Crippen molar-refractivity contribution in [2.75, 3.05) is 26.1 Å². The van der Waals surface area contributed by atoms with E-state index in [-0.39, 0.29) is 21.9 Å². The molecule has 2 aromatic rings. The van der Waals surface area contributed by atoms with Crippen molar-refractivity contribution in [3.8, 4) is 17.2 Å². The fourth-order valence-corrected chi connectivity index (χ4v) is 3.51. The summed E-state index contributed by atoms with van der Waals surface area (Å²) in [6.45, 7) is 0. The highest BCUT2D eigenvalue weighted by molar-refractivity contribution is 7.92. The summed E-state index contributed by atoms with van der Waals surface area (Å²) in [7, 11) is 0.0448. The van der Waals surface area contributed by atoms with Gasteiger partial charge in [0.1, 0.15) is 22.1 Å². The van der Waals surface area contributed by atoms with Gasteiger partial charge in [0.2, 0.25) is 0 Å². The van der Waals surface area contributed by atoms with E-state index in [0.717, 1.165) is 6.07 Å². The minimum Gasteiger partial charge on any atom is -0.497 e. The van der Waals surface area contributed by atoms with Crippen molar-refractivity contribution < 1.29 is 27.4 Å². The van der Waals surface area contributed by atoms with Gasteiger partial charge in [0, 0.05) is 23.8 Å². The topological polar surface area (TPSA) is 155 Å². The lowest BCUT2D eigenvalue weighted by Gasteiger charge is -2.14. The minimum absolute atomic E-state index is 0.0298. The van der Waals surface area contributed by atoms with E-state index in [0.29, 0.717) is 11.5 Å². The summed E-state index contributed by atoms with van der Waals surface area (Å²) in [5, 5.41) is 0. The Morgan fingerprint density at radius 2 is 1.57 bits per heavy atom. The quantitative estimate of drug-likeness (QED) is 0.451. The fourth-order valence-electron chi connectivity index (χ4n) is 2.28. The number of amides is 1. The van der Waals surface area contributed by atoms with Crippen LogP contribution in [-0.4, -0.2) is 41.6 Å². The first-order valence-electron chi connectivity index (χ1n) is 7.78. The van der Waals surface area contributed by atoms with Crippen molar-refractivity contribution in [1.82, 2.24) is 0 Å². The van der Waals surface area contributed by atoms with Gasteiger partial charge in [-0.2, -0.15) is 4.99 Å². The first-order chi connectivity index (χ1) is 13.2. The standard InChI is InChI=1S/C17H20N4O6S/c1-25-12-7-11(8-13(9-12)26-2)21-28(23,24)15-6-10(4-5-14(15)27-3)16(22)20-17(18)19/h4-9,21H,1-3H3,(H4,18,19,20,22). The van der Waals surface area contributed by atoms with Gasteiger partial charge in [0.15, 0.2) is 5.96 Å². The van der Waals surface area contributed by atoms with Gasteiger partial charge < -0.3 is 25.7 Å². The molecule has 0 aliphatic carbocycles. The van der Waals surface area contributed by atoms with Crippen molar-refractivity contribution >= 4 is 27.6 Å². The number of sulfonamides is 1. The minimum atomic E-state index is -4.14. The number of aliphatic imine (C=N–C) groups is 1. The molecule has 0 spiro atoms. The van der Waals surface area contributed by atoms with Crippen LogP contribution in [0.2, 0.25) is 0 Å². The number of ether oxygens (including phenoxy) is 3. The number of hydrogen-bond donors (Lipinski definition) is 3. The number of nitrogens with one attached hydrogen (secondary N) is 1. The van der Waals surface area contributed by atoms with E-state index < -0.39 is 21.9 Å². The third-order valence-corrected chi connectivity index (χ3v) is 4.94. The molecule has 0 saturated carbocycles. The maximum atomic E-state index is 12.9. The highest BCUT2D eigenvalue weighted by Crippen LogP contribution is 2.30. The molecule has 1 amide bonds. The Morgan fingerprint density at radius 3 is 2.07 bits per heavy atom. The molecule has 0 heterocycles. The Labute approximate surface area is 162 Å². The maximum absolute atomic E-state index is 12.9. The second-order valence-electron chi connectivity index (χ2n) is 5.41. The van der Waals surface area contributed by atoms with Gasteiger partial charge in [-0.15, -0.1) is 0 Å². The molecule has 150 valence electrons. The Hall–Kier alpha value is -3.47. The molecule has 0 unspecified atom stereocenters. The molecule has 0 aliphatic heterocycles. The van der Waals surface area contributed by atoms with Gasteiger partial charge in [0.05, 0.1) is 27.0 Å². The smallest absolute Gasteiger partial charge is 0.280 e. The summed E-state index contributed by atoms with van der Waals surface area (Å²) >= 11 is 0. The molecule has 0 aromatic heterocycles. The Balaban J connectivity index is 2.50. The third kappa shape index (κ3) is 4.82. The average molecular weight is 408 g/mol. The average Bonchev–Trinajstić information content (AvgIpc) is 2.66. The lowest BCUT2D eigenvalue weighted by molar-refractivity contribution is 0.100. The SMILES string of the molecule is COc1cc(NS(=O)(=O)c2cc(C(=O)N=C(N)N)ccc2OC)cc(OC)c1. The largest absolute Gasteiger partial charge is 0.497 e. The molecule has 0 fully saturated rings. The summed E-state index contributed by atoms with van der Waals surface area (Å²) < 4.78 is 43.6. The normalized spacial score (nSPS) is 10.7. The van der Waals surface area contributed by atoms with E-state index in [1.165, 1.54) is 45.6 Å². The first-order valence-corrected chi connectivity index (χ1v) is 9.26. The summed E-state index contributed by atoms with van der Waals surface area (Å²) in [4.78, 5) is 15.2. The number of hydrogen-bond acceptors (Lipinski definition) is 6. The molecule has 5 N–H and O–H groups in total. The summed E-state index contributed by atoms with van der Waals surface area (Å²) in [6.07, 6.45) is 0. The maximum Gasteiger partial charge on any atom is 0.280 e. The molecule has 10 nitrogen and oxygen atoms in total. The predicted molar refractivity (Wildman–Crippen MR) is 103 cm³/mol. The number of nitrogens with two attached hydrogens (primary N) is 2. The van der Waals surface area contributed by atoms with Crippen molar-refractivity contribution in [1.29, 1.82) is 0 Å². The van der Waals surface area contributed by atoms with Crippen molar-refractivity contribution in [2.24, 2.45) is 16.5 Å². The van der Waals surface area contributed by atoms with Crippen molar-refractivity contribution in [3.63, 3.8) is 0 Å². The number of benzene rings is 2. The molecule has 2 rings (SSSR count). The number of methoxy groups -OCH3 is 3. The number of guanidine groups is 1. The Morgan fingerprint density at radius 1 is 0.964 bits per heavy atom. The van der Waals surface area contributed by atoms with E-state index in [2.05, 4.69) is 9.71 Å². The summed E-state index contributed by atoms with van der Waals surface area (Å²) in [6, 6.07) is 8.33. The van der Waals surface area contributed by atoms with E-state index >= 15 is 0 Å². The monoisotopic (exact) mass is 408 g/mol. The highest BCUT2D eigenvalue weighted by Gasteiger charge is 2.22. The molecule has 0 saturated heterocycles. The van der Waals surface area contributed by atoms with Gasteiger partial charge in [0.25, 0.3) is 15.9 Å². The Kier molecular flexibility index (Phi) is 6.31. The van der Waals surface area contributed by atoms with Crippen LogP contribution in [0.3, 0.4) is 0 Å². The van der Waals surface area contributed by atoms with E-state index in [1.54, 1.807) is 6.07 Å². The molecule has 28 heavy (non-hydrogen) atoms. The molecule has 0 aliphatic rings. The van der Waals surface area contributed by atoms with E-state index in [9.17, 15) is 13.2 Å². The van der Waals surface area contributed by atoms with Crippen molar-refractivity contribution in [3.05, 3.63) is 42.0 Å². The predicted octanol–water partition coefficient (Wildman–Crippen LogP) is 0.927. The summed E-state index contributed by atoms with van der Waals surface area (Å²) in [5.41, 5.74) is 10.6. The van der Waals surface area contributed by atoms with E-state index in [1.807, 2.05) is 0 Å². The lowest BCUT2D eigenvalue weighted by Crippen LogP contribution is -2.24. The van der Waals surface area contributed by atoms with Crippen LogP contribution >= 0.6 is 0 Å². The first kappa shape index (κ1) is 20.8. The summed E-state index contributed by atoms with van der Waals surface area (Å²) in [5.74, 6) is -0.418. The van der Waals surface area contributed by atoms with Gasteiger partial charge >= 0.3 is 0 Å². The molecular weight excluding hydrogens is 388 g/mol. The molecular formula is C17H20N4O6S. The second-order valence-corrected chi connectivity index (χ2v) is 7.07. The van der Waals surface area contributed by atoms with Gasteiger partial charge in [-0.3, -0.25) is 9.52 Å². The highest BCUT2D eigenvalue weighted by atomic mass is 32.2. The van der Waals surface area contributed by atoms with Gasteiger partial charge in [-0.25, -0.2) is 8.42 Å². The number of nitrogens with zero attached hydrogens (tertiary/aromatic N) is 1. The van der Waals surface area contributed by atoms with Crippen LogP contribution in [0.25, 0.3) is 0 Å². The molecule has 0 atom stereocenters. The van der Waals surface area contributed by atoms with Gasteiger partial charge in [-0.05, 0) is 18.2 Å². The van der Waals surface area contributed by atoms with Crippen LogP contribution in [0.5, 0.6) is 17.2 Å². The van der Waals surface area contributed by atoms with E-state index in [4.69, 9.17) is 25.7 Å². The van der Waals surface area contributed by atoms with Crippen LogP contribution in [0.15, 0.2) is 46.3 Å². The molecule has 0 bridgehead atoms. The second kappa shape index (κ2) is 8.48. The zero-order valence-electron chi connectivity index (χ0n) is 15.4. The van der Waals surface area contributed by atoms with Crippen LogP contribution in [0.4, 0.5) is 5.69 Å². The number of carbonyl (C=O) groups is 1. The van der Waals surface area contributed by atoms with Crippen LogP contribution in [0.1, 0.15) is 10.4 Å². The Bertz CT molecular complexity index is 994. The third-order valence-electron chi connectivity index (χ3n) is 3.53. The van der Waals surface area contributed by atoms with Crippen molar-refractivity contribution in [2.45, 2.75) is 4.90 Å². The number of rotatable bonds is 7. The molecule has 0 radical (unpaired) electrons. The van der Waals surface area contributed by atoms with Crippen LogP contribution in [-0.2, 0) is 10.0 Å². The molecule has 11 heteroatoms. The zero-order valence-corrected chi connectivity index (χ0v) is 16.2. The van der Waals surface area contributed by atoms with Gasteiger partial charge in [-0.1, -0.05) is 0 Å². The molecule has 2 aromatic carbocycles. The lowest BCUT2D eigenvalue weighted by atomic mass is 10.2. The van der Waals surface area contributed by atoms with Crippen LogP contribution < -0.4 is 30.4 Å².